The van der Waals surface area contributed by atoms with Crippen LogP contribution in [0.1, 0.15) is 16.2 Å². The molecule has 0 aliphatic rings. The lowest BCUT2D eigenvalue weighted by molar-refractivity contribution is 0.102. The molecular formula is C14H9F2N3O2S. The summed E-state index contributed by atoms with van der Waals surface area (Å²) in [7, 11) is 0. The van der Waals surface area contributed by atoms with E-state index in [1.165, 1.54) is 11.3 Å². The van der Waals surface area contributed by atoms with Crippen LogP contribution in [0.5, 0.6) is 0 Å². The fourth-order valence-corrected chi connectivity index (χ4v) is 2.60. The van der Waals surface area contributed by atoms with E-state index in [0.29, 0.717) is 22.5 Å². The number of thiophene rings is 1. The highest BCUT2D eigenvalue weighted by Gasteiger charge is 2.18. The molecule has 22 heavy (non-hydrogen) atoms. The summed E-state index contributed by atoms with van der Waals surface area (Å²) in [5.74, 6) is -1.63. The fourth-order valence-electron chi connectivity index (χ4n) is 1.83. The van der Waals surface area contributed by atoms with Crippen LogP contribution < -0.4 is 5.32 Å². The van der Waals surface area contributed by atoms with Crippen molar-refractivity contribution in [3.05, 3.63) is 52.7 Å². The van der Waals surface area contributed by atoms with Crippen LogP contribution in [0.4, 0.5) is 14.5 Å². The van der Waals surface area contributed by atoms with Gasteiger partial charge in [0.2, 0.25) is 0 Å². The number of aryl methyl sites for hydroxylation is 1. The third kappa shape index (κ3) is 2.73. The summed E-state index contributed by atoms with van der Waals surface area (Å²) in [5.41, 5.74) is 0.169. The fraction of sp³-hybridized carbons (Fsp3) is 0.0714. The van der Waals surface area contributed by atoms with Gasteiger partial charge in [-0.1, -0.05) is 5.16 Å². The molecule has 0 bridgehead atoms. The summed E-state index contributed by atoms with van der Waals surface area (Å²) in [6.07, 6.45) is 0. The Balaban J connectivity index is 1.88. The maximum absolute atomic E-state index is 13.6. The number of carbonyl (C=O) groups excluding carboxylic acids is 1. The molecule has 3 rings (SSSR count). The molecule has 0 aliphatic carbocycles. The molecule has 2 aromatic heterocycles. The molecule has 0 radical (unpaired) electrons. The zero-order valence-corrected chi connectivity index (χ0v) is 12.1. The molecule has 0 saturated carbocycles. The second-order valence-electron chi connectivity index (χ2n) is 4.39. The smallest absolute Gasteiger partial charge is 0.270 e. The van der Waals surface area contributed by atoms with Crippen LogP contribution in [0.25, 0.3) is 10.8 Å². The first kappa shape index (κ1) is 14.3. The quantitative estimate of drug-likeness (QED) is 0.800. The Morgan fingerprint density at radius 3 is 2.82 bits per heavy atom. The van der Waals surface area contributed by atoms with Gasteiger partial charge < -0.3 is 9.84 Å². The highest BCUT2D eigenvalue weighted by atomic mass is 32.1. The molecule has 8 heteroatoms. The number of carbonyl (C=O) groups is 1. The third-order valence-corrected chi connectivity index (χ3v) is 3.71. The highest BCUT2D eigenvalue weighted by Crippen LogP contribution is 2.32. The Morgan fingerprint density at radius 1 is 1.32 bits per heavy atom. The normalized spacial score (nSPS) is 10.7. The van der Waals surface area contributed by atoms with Gasteiger partial charge in [0.1, 0.15) is 16.5 Å². The average molecular weight is 321 g/mol. The number of hydrogen-bond acceptors (Lipinski definition) is 5. The molecular weight excluding hydrogens is 312 g/mol. The van der Waals surface area contributed by atoms with Crippen molar-refractivity contribution >= 4 is 22.9 Å². The van der Waals surface area contributed by atoms with Gasteiger partial charge in [-0.2, -0.15) is 4.98 Å². The molecule has 1 amide bonds. The summed E-state index contributed by atoms with van der Waals surface area (Å²) in [5, 5.41) is 7.96. The molecule has 0 aliphatic heterocycles. The lowest BCUT2D eigenvalue weighted by Gasteiger charge is -2.05. The minimum Gasteiger partial charge on any atom is -0.333 e. The van der Waals surface area contributed by atoms with Crippen LogP contribution in [-0.2, 0) is 0 Å². The Morgan fingerprint density at radius 2 is 2.14 bits per heavy atom. The summed E-state index contributed by atoms with van der Waals surface area (Å²) < 4.78 is 31.5. The number of nitrogens with zero attached hydrogens (tertiary/aromatic N) is 2. The van der Waals surface area contributed by atoms with Crippen molar-refractivity contribution in [2.24, 2.45) is 0 Å². The van der Waals surface area contributed by atoms with E-state index in [9.17, 15) is 13.6 Å². The Labute approximate surface area is 127 Å². The topological polar surface area (TPSA) is 68.0 Å². The molecule has 0 saturated heterocycles. The van der Waals surface area contributed by atoms with E-state index in [2.05, 4.69) is 15.5 Å². The van der Waals surface area contributed by atoms with E-state index in [0.717, 1.165) is 12.1 Å². The summed E-state index contributed by atoms with van der Waals surface area (Å²) >= 11 is 1.30. The summed E-state index contributed by atoms with van der Waals surface area (Å²) in [4.78, 5) is 16.7. The van der Waals surface area contributed by atoms with Crippen LogP contribution >= 0.6 is 11.3 Å². The van der Waals surface area contributed by atoms with Crippen molar-refractivity contribution in [1.29, 1.82) is 0 Å². The van der Waals surface area contributed by atoms with Crippen LogP contribution in [0.3, 0.4) is 0 Å². The Hall–Kier alpha value is -2.61. The average Bonchev–Trinajstić information content (AvgIpc) is 3.07. The number of anilines is 1. The van der Waals surface area contributed by atoms with Crippen molar-refractivity contribution in [3.8, 4) is 10.8 Å². The van der Waals surface area contributed by atoms with Gasteiger partial charge in [0, 0.05) is 6.07 Å². The molecule has 3 aromatic rings. The number of amides is 1. The zero-order chi connectivity index (χ0) is 15.7. The summed E-state index contributed by atoms with van der Waals surface area (Å²) in [6.45, 7) is 1.67. The van der Waals surface area contributed by atoms with E-state index in [1.54, 1.807) is 18.4 Å². The third-order valence-electron chi connectivity index (χ3n) is 2.81. The first-order chi connectivity index (χ1) is 10.5. The van der Waals surface area contributed by atoms with Gasteiger partial charge in [0.05, 0.1) is 11.3 Å². The highest BCUT2D eigenvalue weighted by molar-refractivity contribution is 7.14. The second kappa shape index (κ2) is 5.64. The van der Waals surface area contributed by atoms with Gasteiger partial charge in [-0.25, -0.2) is 8.78 Å². The van der Waals surface area contributed by atoms with Crippen LogP contribution in [0.2, 0.25) is 0 Å². The molecule has 0 unspecified atom stereocenters. The van der Waals surface area contributed by atoms with Crippen LogP contribution in [0, 0.1) is 18.6 Å². The molecule has 112 valence electrons. The monoisotopic (exact) mass is 321 g/mol. The maximum atomic E-state index is 13.6. The number of nitrogens with one attached hydrogen (secondary N) is 1. The first-order valence-corrected chi connectivity index (χ1v) is 7.07. The van der Waals surface area contributed by atoms with Crippen molar-refractivity contribution in [3.63, 3.8) is 0 Å². The van der Waals surface area contributed by atoms with E-state index in [1.807, 2.05) is 0 Å². The molecule has 2 heterocycles. The van der Waals surface area contributed by atoms with Crippen LogP contribution in [-0.4, -0.2) is 16.0 Å². The van der Waals surface area contributed by atoms with E-state index in [4.69, 9.17) is 4.52 Å². The largest absolute Gasteiger partial charge is 0.333 e. The van der Waals surface area contributed by atoms with Gasteiger partial charge in [-0.3, -0.25) is 4.79 Å². The maximum Gasteiger partial charge on any atom is 0.270 e. The number of halogens is 2. The summed E-state index contributed by atoms with van der Waals surface area (Å²) in [6, 6.07) is 4.40. The van der Waals surface area contributed by atoms with Gasteiger partial charge in [0.25, 0.3) is 11.8 Å². The minimum atomic E-state index is -0.928. The predicted octanol–water partition coefficient (Wildman–Crippen LogP) is 3.64. The van der Waals surface area contributed by atoms with Gasteiger partial charge >= 0.3 is 0 Å². The molecule has 0 spiro atoms. The van der Waals surface area contributed by atoms with Crippen LogP contribution in [0.15, 0.2) is 34.2 Å². The number of aromatic nitrogens is 2. The molecule has 1 aromatic carbocycles. The van der Waals surface area contributed by atoms with E-state index in [-0.39, 0.29) is 11.5 Å². The SMILES string of the molecule is Cc1noc(-c2sccc2NC(=O)c2ccc(F)cc2F)n1. The van der Waals surface area contributed by atoms with Crippen molar-refractivity contribution in [2.45, 2.75) is 6.92 Å². The van der Waals surface area contributed by atoms with Gasteiger partial charge in [0.15, 0.2) is 5.82 Å². The molecule has 0 atom stereocenters. The van der Waals surface area contributed by atoms with Gasteiger partial charge in [-0.15, -0.1) is 11.3 Å². The zero-order valence-electron chi connectivity index (χ0n) is 11.3. The minimum absolute atomic E-state index is 0.250. The second-order valence-corrected chi connectivity index (χ2v) is 5.30. The lowest BCUT2D eigenvalue weighted by atomic mass is 10.2. The first-order valence-electron chi connectivity index (χ1n) is 6.19. The van der Waals surface area contributed by atoms with Crippen molar-refractivity contribution < 1.29 is 18.1 Å². The molecule has 1 N–H and O–H groups in total. The number of benzene rings is 1. The molecule has 0 fully saturated rings. The Bertz CT molecular complexity index is 844. The number of hydrogen-bond donors (Lipinski definition) is 1. The van der Waals surface area contributed by atoms with Gasteiger partial charge in [-0.05, 0) is 30.5 Å². The Kier molecular flexibility index (Phi) is 3.68. The van der Waals surface area contributed by atoms with Crippen molar-refractivity contribution in [1.82, 2.24) is 10.1 Å². The van der Waals surface area contributed by atoms with Crippen molar-refractivity contribution in [2.75, 3.05) is 5.32 Å². The van der Waals surface area contributed by atoms with E-state index < -0.39 is 17.5 Å². The lowest BCUT2D eigenvalue weighted by Crippen LogP contribution is -2.14. The van der Waals surface area contributed by atoms with E-state index >= 15 is 0 Å². The number of rotatable bonds is 3. The predicted molar refractivity (Wildman–Crippen MR) is 76.7 cm³/mol. The standard InChI is InChI=1S/C14H9F2N3O2S/c1-7-17-14(21-19-7)12-11(4-5-22-12)18-13(20)9-3-2-8(15)6-10(9)16/h2-6H,1H3,(H,18,20). The molecule has 5 nitrogen and oxygen atoms in total.